The van der Waals surface area contributed by atoms with E-state index in [9.17, 15) is 0 Å². The summed E-state index contributed by atoms with van der Waals surface area (Å²) in [5.41, 5.74) is 0. The highest BCUT2D eigenvalue weighted by molar-refractivity contribution is 6.27. The van der Waals surface area contributed by atoms with Gasteiger partial charge in [-0.3, -0.25) is 0 Å². The van der Waals surface area contributed by atoms with Crippen molar-refractivity contribution in [3.8, 4) is 69.0 Å². The van der Waals surface area contributed by atoms with Crippen LogP contribution in [0.15, 0.2) is 291 Å². The second-order valence-electron chi connectivity index (χ2n) is 21.2. The van der Waals surface area contributed by atoms with Crippen LogP contribution in [0.25, 0.3) is 97.0 Å². The van der Waals surface area contributed by atoms with E-state index in [1.807, 2.05) is 109 Å². The molecule has 0 atom stereocenters. The normalized spacial score (nSPS) is 11.6. The standard InChI is InChI=1S/C78H48O6/c1-7-19-55-37-61(31-25-49(55)13-1)79-73-43-67-68(44-74(73)80-62-32-26-50-14-2-8-20-56(50)38-62)70-46-76(82-64-34-28-52-16-4-10-22-58(52)40-64)78(84-66-36-30-54-18-6-12-24-60(54)42-66)48-72(70)71-47-77(83-65-35-29-53-17-5-11-23-59(53)41-65)75(45-69(67)71)81-63-33-27-51-15-3-9-21-57(51)39-63/h1-48H. The Morgan fingerprint density at radius 1 is 0.131 bits per heavy atom. The van der Waals surface area contributed by atoms with Crippen molar-refractivity contribution >= 4 is 97.0 Å². The summed E-state index contributed by atoms with van der Waals surface area (Å²) in [6.07, 6.45) is 0. The fourth-order valence-corrected chi connectivity index (χ4v) is 11.6. The lowest BCUT2D eigenvalue weighted by Gasteiger charge is -2.21. The van der Waals surface area contributed by atoms with Crippen molar-refractivity contribution < 1.29 is 28.4 Å². The maximum Gasteiger partial charge on any atom is 0.170 e. The molecule has 0 saturated carbocycles. The van der Waals surface area contributed by atoms with Gasteiger partial charge in [0.1, 0.15) is 34.5 Å². The molecule has 0 aliphatic carbocycles. The molecular weight excluding hydrogens is 1030 g/mol. The Labute approximate surface area is 483 Å². The van der Waals surface area contributed by atoms with Crippen LogP contribution in [0.2, 0.25) is 0 Å². The molecule has 0 heterocycles. The number of hydrogen-bond acceptors (Lipinski definition) is 6. The minimum absolute atomic E-state index is 0.518. The van der Waals surface area contributed by atoms with Crippen LogP contribution in [-0.2, 0) is 0 Å². The first-order valence-corrected chi connectivity index (χ1v) is 28.1. The highest BCUT2D eigenvalue weighted by Gasteiger charge is 2.23. The van der Waals surface area contributed by atoms with Gasteiger partial charge >= 0.3 is 0 Å². The van der Waals surface area contributed by atoms with E-state index >= 15 is 0 Å². The number of rotatable bonds is 12. The Balaban J connectivity index is 0.974. The average Bonchev–Trinajstić information content (AvgIpc) is 1.27. The van der Waals surface area contributed by atoms with E-state index in [4.69, 9.17) is 28.4 Å². The molecule has 6 nitrogen and oxygen atoms in total. The second kappa shape index (κ2) is 20.3. The molecule has 16 aromatic carbocycles. The number of ether oxygens (including phenoxy) is 6. The first-order chi connectivity index (χ1) is 41.5. The first kappa shape index (κ1) is 48.6. The number of hydrogen-bond donors (Lipinski definition) is 0. The van der Waals surface area contributed by atoms with Gasteiger partial charge in [0.2, 0.25) is 0 Å². The minimum atomic E-state index is 0.518. The number of fused-ring (bicyclic) bond motifs is 12. The predicted octanol–water partition coefficient (Wildman–Crippen LogP) is 22.8. The molecule has 0 fully saturated rings. The summed E-state index contributed by atoms with van der Waals surface area (Å²) in [5.74, 6) is 7.07. The van der Waals surface area contributed by atoms with Crippen molar-refractivity contribution in [3.63, 3.8) is 0 Å². The van der Waals surface area contributed by atoms with E-state index in [-0.39, 0.29) is 0 Å². The molecule has 84 heavy (non-hydrogen) atoms. The fourth-order valence-electron chi connectivity index (χ4n) is 11.6. The second-order valence-corrected chi connectivity index (χ2v) is 21.2. The third-order valence-corrected chi connectivity index (χ3v) is 15.8. The molecule has 16 rings (SSSR count). The summed E-state index contributed by atoms with van der Waals surface area (Å²) in [7, 11) is 0. The molecule has 0 amide bonds. The van der Waals surface area contributed by atoms with Gasteiger partial charge in [0.15, 0.2) is 34.5 Å². The van der Waals surface area contributed by atoms with Crippen LogP contribution >= 0.6 is 0 Å². The van der Waals surface area contributed by atoms with Crippen LogP contribution in [0, 0.1) is 0 Å². The van der Waals surface area contributed by atoms with E-state index in [1.54, 1.807) is 0 Å². The van der Waals surface area contributed by atoms with E-state index in [2.05, 4.69) is 182 Å². The highest BCUT2D eigenvalue weighted by atomic mass is 16.5. The molecule has 0 aliphatic rings. The molecule has 0 radical (unpaired) electrons. The zero-order chi connectivity index (χ0) is 55.5. The highest BCUT2D eigenvalue weighted by Crippen LogP contribution is 2.51. The number of benzene rings is 16. The van der Waals surface area contributed by atoms with Crippen LogP contribution in [-0.4, -0.2) is 0 Å². The fraction of sp³-hybridized carbons (Fsp3) is 0. The third-order valence-electron chi connectivity index (χ3n) is 15.8. The van der Waals surface area contributed by atoms with Crippen LogP contribution in [0.4, 0.5) is 0 Å². The summed E-state index contributed by atoms with van der Waals surface area (Å²) < 4.78 is 42.5. The smallest absolute Gasteiger partial charge is 0.170 e. The van der Waals surface area contributed by atoms with Gasteiger partial charge in [0, 0.05) is 0 Å². The van der Waals surface area contributed by atoms with Crippen molar-refractivity contribution in [1.29, 1.82) is 0 Å². The first-order valence-electron chi connectivity index (χ1n) is 28.1. The summed E-state index contributed by atoms with van der Waals surface area (Å²) in [5, 5.41) is 18.2. The Morgan fingerprint density at radius 3 is 0.429 bits per heavy atom. The zero-order valence-electron chi connectivity index (χ0n) is 45.2. The molecule has 0 aliphatic heterocycles. The molecule has 0 spiro atoms. The van der Waals surface area contributed by atoms with Crippen molar-refractivity contribution in [3.05, 3.63) is 291 Å². The summed E-state index contributed by atoms with van der Waals surface area (Å²) in [6, 6.07) is 99.2. The van der Waals surface area contributed by atoms with Crippen LogP contribution in [0.5, 0.6) is 69.0 Å². The van der Waals surface area contributed by atoms with Gasteiger partial charge in [0.05, 0.1) is 0 Å². The van der Waals surface area contributed by atoms with Gasteiger partial charge in [-0.05, 0) is 206 Å². The SMILES string of the molecule is c1ccc2cc(Oc3cc4c5cc(Oc6ccc7ccccc7c6)c(Oc6ccc7ccccc7c6)cc5c5cc(Oc6ccc7ccccc7c6)c(Oc6ccc7ccccc7c6)cc5c4cc3Oc3ccc4ccccc4c3)ccc2c1. The van der Waals surface area contributed by atoms with Crippen LogP contribution in [0.1, 0.15) is 0 Å². The molecule has 396 valence electrons. The zero-order valence-corrected chi connectivity index (χ0v) is 45.2. The van der Waals surface area contributed by atoms with E-state index in [0.29, 0.717) is 69.0 Å². The molecule has 0 saturated heterocycles. The lowest BCUT2D eigenvalue weighted by Crippen LogP contribution is -1.96. The van der Waals surface area contributed by atoms with Gasteiger partial charge in [-0.15, -0.1) is 0 Å². The van der Waals surface area contributed by atoms with Gasteiger partial charge in [-0.25, -0.2) is 0 Å². The summed E-state index contributed by atoms with van der Waals surface area (Å²) >= 11 is 0. The third kappa shape index (κ3) is 9.24. The molecule has 16 aromatic rings. The lowest BCUT2D eigenvalue weighted by atomic mass is 9.93. The quantitative estimate of drug-likeness (QED) is 0.114. The van der Waals surface area contributed by atoms with Crippen LogP contribution < -0.4 is 28.4 Å². The predicted molar refractivity (Wildman–Crippen MR) is 343 cm³/mol. The molecule has 0 N–H and O–H groups in total. The van der Waals surface area contributed by atoms with Crippen molar-refractivity contribution in [1.82, 2.24) is 0 Å². The lowest BCUT2D eigenvalue weighted by molar-refractivity contribution is 0.420. The van der Waals surface area contributed by atoms with Crippen molar-refractivity contribution in [2.24, 2.45) is 0 Å². The Hall–Kier alpha value is -11.3. The van der Waals surface area contributed by atoms with Gasteiger partial charge < -0.3 is 28.4 Å². The molecule has 0 bridgehead atoms. The monoisotopic (exact) mass is 1080 g/mol. The van der Waals surface area contributed by atoms with E-state index in [0.717, 1.165) is 97.0 Å². The summed E-state index contributed by atoms with van der Waals surface area (Å²) in [4.78, 5) is 0. The molecule has 0 unspecified atom stereocenters. The van der Waals surface area contributed by atoms with Crippen molar-refractivity contribution in [2.75, 3.05) is 0 Å². The van der Waals surface area contributed by atoms with Crippen LogP contribution in [0.3, 0.4) is 0 Å². The van der Waals surface area contributed by atoms with Gasteiger partial charge in [0.25, 0.3) is 0 Å². The molecular formula is C78H48O6. The Kier molecular flexibility index (Phi) is 11.8. The van der Waals surface area contributed by atoms with Crippen molar-refractivity contribution in [2.45, 2.75) is 0 Å². The summed E-state index contributed by atoms with van der Waals surface area (Å²) in [6.45, 7) is 0. The van der Waals surface area contributed by atoms with E-state index in [1.165, 1.54) is 0 Å². The van der Waals surface area contributed by atoms with Gasteiger partial charge in [-0.1, -0.05) is 182 Å². The topological polar surface area (TPSA) is 55.4 Å². The maximum atomic E-state index is 7.08. The van der Waals surface area contributed by atoms with Gasteiger partial charge in [-0.2, -0.15) is 0 Å². The van der Waals surface area contributed by atoms with E-state index < -0.39 is 0 Å². The minimum Gasteiger partial charge on any atom is -0.453 e. The molecule has 6 heteroatoms. The maximum absolute atomic E-state index is 7.08. The largest absolute Gasteiger partial charge is 0.453 e. The Morgan fingerprint density at radius 2 is 0.274 bits per heavy atom. The average molecular weight is 1080 g/mol. The molecule has 0 aromatic heterocycles. The Bertz CT molecular complexity index is 4420.